The largest absolute Gasteiger partial charge is 0.357 e. The van der Waals surface area contributed by atoms with Crippen LogP contribution in [-0.4, -0.2) is 33.7 Å². The summed E-state index contributed by atoms with van der Waals surface area (Å²) in [4.78, 5) is 5.11. The van der Waals surface area contributed by atoms with Crippen LogP contribution in [0.4, 0.5) is 0 Å². The van der Waals surface area contributed by atoms with Gasteiger partial charge < -0.3 is 10.6 Å². The topological polar surface area (TPSA) is 70.6 Å². The smallest absolute Gasteiger partial charge is 0.191 e. The number of hydrogen-bond acceptors (Lipinski definition) is 3. The number of guanidine groups is 1. The average molecular weight is 426 g/mol. The highest BCUT2D eigenvalue weighted by Crippen LogP contribution is 2.59. The number of aliphatic imine (C=N–C) groups is 1. The monoisotopic (exact) mass is 425 g/mol. The van der Waals surface area contributed by atoms with Crippen LogP contribution in [0.2, 0.25) is 0 Å². The number of fused-ring (bicyclic) bond motifs is 3. The molecule has 5 nitrogen and oxygen atoms in total. The van der Waals surface area contributed by atoms with Gasteiger partial charge in [0.2, 0.25) is 0 Å². The van der Waals surface area contributed by atoms with E-state index in [0.717, 1.165) is 36.1 Å². The highest BCUT2D eigenvalue weighted by atomic mass is 32.2. The van der Waals surface area contributed by atoms with Crippen LogP contribution < -0.4 is 10.6 Å². The number of nitrogens with zero attached hydrogens (tertiary/aromatic N) is 1. The van der Waals surface area contributed by atoms with Crippen molar-refractivity contribution in [2.45, 2.75) is 44.0 Å². The first-order chi connectivity index (χ1) is 14.4. The van der Waals surface area contributed by atoms with Crippen molar-refractivity contribution in [2.75, 3.05) is 19.3 Å². The molecule has 0 saturated heterocycles. The molecule has 160 valence electrons. The first kappa shape index (κ1) is 20.9. The Hall–Kier alpha value is -2.34. The minimum Gasteiger partial charge on any atom is -0.357 e. The summed E-state index contributed by atoms with van der Waals surface area (Å²) in [5, 5.41) is 6.86. The molecule has 0 radical (unpaired) electrons. The van der Waals surface area contributed by atoms with Crippen LogP contribution >= 0.6 is 0 Å². The lowest BCUT2D eigenvalue weighted by Gasteiger charge is -2.13. The zero-order valence-corrected chi connectivity index (χ0v) is 18.8. The quantitative estimate of drug-likeness (QED) is 0.550. The molecule has 1 fully saturated rings. The van der Waals surface area contributed by atoms with Crippen molar-refractivity contribution in [3.8, 4) is 0 Å². The number of rotatable bonds is 6. The highest BCUT2D eigenvalue weighted by molar-refractivity contribution is 7.90. The maximum atomic E-state index is 11.8. The van der Waals surface area contributed by atoms with Crippen molar-refractivity contribution < 1.29 is 8.42 Å². The van der Waals surface area contributed by atoms with E-state index >= 15 is 0 Å². The average Bonchev–Trinajstić information content (AvgIpc) is 3.43. The second-order valence-electron chi connectivity index (χ2n) is 8.54. The zero-order chi connectivity index (χ0) is 21.3. The molecule has 2 N–H and O–H groups in total. The zero-order valence-electron chi connectivity index (χ0n) is 18.0. The lowest BCUT2D eigenvalue weighted by Crippen LogP contribution is -2.38. The Morgan fingerprint density at radius 2 is 1.97 bits per heavy atom. The van der Waals surface area contributed by atoms with E-state index in [1.54, 1.807) is 11.6 Å². The summed E-state index contributed by atoms with van der Waals surface area (Å²) in [5.41, 5.74) is 4.84. The van der Waals surface area contributed by atoms with E-state index in [2.05, 4.69) is 41.8 Å². The van der Waals surface area contributed by atoms with Crippen molar-refractivity contribution >= 4 is 15.8 Å². The van der Waals surface area contributed by atoms with E-state index in [0.29, 0.717) is 23.3 Å². The van der Waals surface area contributed by atoms with Gasteiger partial charge in [-0.15, -0.1) is 0 Å². The molecule has 4 rings (SSSR count). The van der Waals surface area contributed by atoms with Crippen molar-refractivity contribution in [1.29, 1.82) is 0 Å². The van der Waals surface area contributed by atoms with E-state index in [9.17, 15) is 8.42 Å². The molecule has 3 unspecified atom stereocenters. The number of sulfone groups is 1. The Labute approximate surface area is 179 Å². The van der Waals surface area contributed by atoms with Crippen LogP contribution in [0.5, 0.6) is 0 Å². The molecule has 0 amide bonds. The third kappa shape index (κ3) is 4.38. The molecular weight excluding hydrogens is 394 g/mol. The van der Waals surface area contributed by atoms with Crippen LogP contribution in [0, 0.1) is 18.8 Å². The lowest BCUT2D eigenvalue weighted by atomic mass is 9.92. The molecule has 2 aliphatic rings. The molecule has 2 aromatic carbocycles. The minimum atomic E-state index is -3.19. The molecule has 0 aliphatic heterocycles. The van der Waals surface area contributed by atoms with Gasteiger partial charge in [0.15, 0.2) is 15.8 Å². The number of benzene rings is 2. The van der Waals surface area contributed by atoms with Gasteiger partial charge in [0.1, 0.15) is 0 Å². The molecular formula is C24H31N3O2S. The third-order valence-electron chi connectivity index (χ3n) is 6.40. The van der Waals surface area contributed by atoms with Crippen LogP contribution in [-0.2, 0) is 22.8 Å². The molecule has 2 aliphatic carbocycles. The lowest BCUT2D eigenvalue weighted by molar-refractivity contribution is 0.601. The van der Waals surface area contributed by atoms with Crippen molar-refractivity contribution in [1.82, 2.24) is 10.6 Å². The SMILES string of the molecule is CCNC(=NCc1ccc(S(C)(=O)=O)c(C)c1)NCC1C2CCc3ccccc3C21. The van der Waals surface area contributed by atoms with Crippen LogP contribution in [0.25, 0.3) is 0 Å². The van der Waals surface area contributed by atoms with Gasteiger partial charge in [-0.1, -0.05) is 36.4 Å². The summed E-state index contributed by atoms with van der Waals surface area (Å²) in [6.45, 7) is 6.15. The van der Waals surface area contributed by atoms with Gasteiger partial charge in [-0.2, -0.15) is 0 Å². The van der Waals surface area contributed by atoms with Crippen molar-refractivity contribution in [2.24, 2.45) is 16.8 Å². The molecule has 0 heterocycles. The minimum absolute atomic E-state index is 0.386. The van der Waals surface area contributed by atoms with Gasteiger partial charge >= 0.3 is 0 Å². The van der Waals surface area contributed by atoms with E-state index in [1.807, 2.05) is 19.1 Å². The van der Waals surface area contributed by atoms with Gasteiger partial charge in [-0.3, -0.25) is 0 Å². The summed E-state index contributed by atoms with van der Waals surface area (Å²) in [6, 6.07) is 14.3. The molecule has 2 aromatic rings. The fraction of sp³-hybridized carbons (Fsp3) is 0.458. The molecule has 30 heavy (non-hydrogen) atoms. The van der Waals surface area contributed by atoms with Gasteiger partial charge in [-0.25, -0.2) is 13.4 Å². The Morgan fingerprint density at radius 3 is 2.70 bits per heavy atom. The van der Waals surface area contributed by atoms with Crippen LogP contribution in [0.3, 0.4) is 0 Å². The third-order valence-corrected chi connectivity index (χ3v) is 7.66. The maximum absolute atomic E-state index is 11.8. The van der Waals surface area contributed by atoms with Gasteiger partial charge in [0, 0.05) is 19.3 Å². The molecule has 1 saturated carbocycles. The Kier molecular flexibility index (Phi) is 5.87. The normalized spacial score (nSPS) is 22.8. The molecule has 6 heteroatoms. The summed E-state index contributed by atoms with van der Waals surface area (Å²) in [5.74, 6) is 2.98. The maximum Gasteiger partial charge on any atom is 0.191 e. The fourth-order valence-electron chi connectivity index (χ4n) is 4.94. The van der Waals surface area contributed by atoms with Crippen molar-refractivity contribution in [3.05, 3.63) is 64.7 Å². The fourth-order valence-corrected chi connectivity index (χ4v) is 5.90. The van der Waals surface area contributed by atoms with Gasteiger partial charge in [0.25, 0.3) is 0 Å². The predicted octanol–water partition coefficient (Wildman–Crippen LogP) is 3.43. The van der Waals surface area contributed by atoms with Crippen LogP contribution in [0.1, 0.15) is 41.5 Å². The van der Waals surface area contributed by atoms with Gasteiger partial charge in [-0.05, 0) is 72.8 Å². The Bertz CT molecular complexity index is 1060. The Balaban J connectivity index is 1.39. The Morgan fingerprint density at radius 1 is 1.17 bits per heavy atom. The van der Waals surface area contributed by atoms with E-state index < -0.39 is 9.84 Å². The molecule has 3 atom stereocenters. The van der Waals surface area contributed by atoms with E-state index in [4.69, 9.17) is 4.99 Å². The van der Waals surface area contributed by atoms with E-state index in [-0.39, 0.29) is 0 Å². The number of nitrogens with one attached hydrogen (secondary N) is 2. The highest BCUT2D eigenvalue weighted by Gasteiger charge is 2.52. The number of hydrogen-bond donors (Lipinski definition) is 2. The second-order valence-corrected chi connectivity index (χ2v) is 10.5. The van der Waals surface area contributed by atoms with Crippen molar-refractivity contribution in [3.63, 3.8) is 0 Å². The standard InChI is InChI=1S/C24H31N3O2S/c1-4-25-24(26-14-17-9-12-22(16(2)13-17)30(3,28)29)27-15-21-20-11-10-18-7-5-6-8-19(18)23(20)21/h5-9,12-13,20-21,23H,4,10-11,14-15H2,1-3H3,(H2,25,26,27). The summed E-state index contributed by atoms with van der Waals surface area (Å²) < 4.78 is 23.6. The first-order valence-corrected chi connectivity index (χ1v) is 12.7. The number of aryl methyl sites for hydroxylation is 2. The summed E-state index contributed by atoms with van der Waals surface area (Å²) >= 11 is 0. The molecule has 0 spiro atoms. The summed E-state index contributed by atoms with van der Waals surface area (Å²) in [6.07, 6.45) is 3.73. The summed E-state index contributed by atoms with van der Waals surface area (Å²) in [7, 11) is -3.19. The molecule has 0 bridgehead atoms. The molecule has 0 aromatic heterocycles. The first-order valence-electron chi connectivity index (χ1n) is 10.8. The van der Waals surface area contributed by atoms with E-state index in [1.165, 1.54) is 24.7 Å². The van der Waals surface area contributed by atoms with Crippen LogP contribution in [0.15, 0.2) is 52.4 Å². The predicted molar refractivity (Wildman–Crippen MR) is 122 cm³/mol. The second kappa shape index (κ2) is 8.42. The van der Waals surface area contributed by atoms with Gasteiger partial charge in [0.05, 0.1) is 11.4 Å².